The number of hydrogen-bond donors (Lipinski definition) is 1. The summed E-state index contributed by atoms with van der Waals surface area (Å²) in [6.45, 7) is 12.2. The van der Waals surface area contributed by atoms with Crippen LogP contribution in [0.4, 0.5) is 0 Å². The Morgan fingerprint density at radius 3 is 2.65 bits per heavy atom. The lowest BCUT2D eigenvalue weighted by Crippen LogP contribution is -2.40. The number of carbonyl (C=O) groups is 1. The van der Waals surface area contributed by atoms with E-state index >= 15 is 0 Å². The Hall–Kier alpha value is -0.650. The molecule has 1 aliphatic rings. The number of likely N-dealkylation sites (tertiary alicyclic amines) is 1. The topological polar surface area (TPSA) is 44.8 Å². The van der Waals surface area contributed by atoms with Gasteiger partial charge in [-0.3, -0.25) is 9.69 Å². The molecule has 0 radical (unpaired) electrons. The summed E-state index contributed by atoms with van der Waals surface area (Å²) in [7, 11) is 1.82. The number of ether oxygens (including phenoxy) is 1. The lowest BCUT2D eigenvalue weighted by atomic mass is 10.2. The molecule has 1 heterocycles. The molecule has 0 aromatic heterocycles. The van der Waals surface area contributed by atoms with Gasteiger partial charge in [0.2, 0.25) is 0 Å². The van der Waals surface area contributed by atoms with Gasteiger partial charge in [-0.2, -0.15) is 0 Å². The van der Waals surface area contributed by atoms with Crippen LogP contribution in [0.3, 0.4) is 0 Å². The van der Waals surface area contributed by atoms with E-state index < -0.39 is 0 Å². The Morgan fingerprint density at radius 1 is 1.40 bits per heavy atom. The zero-order chi connectivity index (χ0) is 15.0. The average Bonchev–Trinajstić information content (AvgIpc) is 2.90. The molecule has 1 N–H and O–H groups in total. The van der Waals surface area contributed by atoms with Crippen LogP contribution in [0.15, 0.2) is 0 Å². The third-order valence-electron chi connectivity index (χ3n) is 4.23. The summed E-state index contributed by atoms with van der Waals surface area (Å²) < 4.78 is 5.08. The number of carbonyl (C=O) groups excluding carboxylic acids is 1. The predicted octanol–water partition coefficient (Wildman–Crippen LogP) is 0.944. The quantitative estimate of drug-likeness (QED) is 0.639. The molecule has 2 unspecified atom stereocenters. The van der Waals surface area contributed by atoms with Crippen molar-refractivity contribution in [3.05, 3.63) is 0 Å². The van der Waals surface area contributed by atoms with E-state index in [0.717, 1.165) is 39.1 Å². The second-order valence-corrected chi connectivity index (χ2v) is 5.35. The van der Waals surface area contributed by atoms with Crippen LogP contribution in [0.2, 0.25) is 0 Å². The fraction of sp³-hybridized carbons (Fsp3) is 0.933. The number of nitrogens with zero attached hydrogens (tertiary/aromatic N) is 2. The molecular weight excluding hydrogens is 254 g/mol. The average molecular weight is 285 g/mol. The van der Waals surface area contributed by atoms with Crippen molar-refractivity contribution >= 4 is 5.97 Å². The van der Waals surface area contributed by atoms with Crippen molar-refractivity contribution < 1.29 is 9.53 Å². The van der Waals surface area contributed by atoms with Crippen LogP contribution in [0, 0.1) is 0 Å². The minimum atomic E-state index is -0.178. The zero-order valence-corrected chi connectivity index (χ0v) is 13.5. The Kier molecular flexibility index (Phi) is 8.11. The molecule has 0 aliphatic carbocycles. The summed E-state index contributed by atoms with van der Waals surface area (Å²) in [6.07, 6.45) is 2.06. The standard InChI is InChI=1S/C15H31N3O2/c1-5-18(6-2)13-8-10-17(12-13)11-9-14(16-4)15(19)20-7-3/h13-14,16H,5-12H2,1-4H3. The van der Waals surface area contributed by atoms with Gasteiger partial charge in [-0.25, -0.2) is 0 Å². The van der Waals surface area contributed by atoms with Gasteiger partial charge in [-0.15, -0.1) is 0 Å². The summed E-state index contributed by atoms with van der Waals surface area (Å²) in [5.41, 5.74) is 0. The van der Waals surface area contributed by atoms with Crippen molar-refractivity contribution in [1.29, 1.82) is 0 Å². The first-order valence-electron chi connectivity index (χ1n) is 7.96. The summed E-state index contributed by atoms with van der Waals surface area (Å²) in [5, 5.41) is 3.06. The van der Waals surface area contributed by atoms with E-state index in [1.807, 2.05) is 14.0 Å². The van der Waals surface area contributed by atoms with Crippen LogP contribution in [-0.4, -0.2) is 74.2 Å². The van der Waals surface area contributed by atoms with Crippen molar-refractivity contribution in [2.75, 3.05) is 46.4 Å². The highest BCUT2D eigenvalue weighted by Gasteiger charge is 2.27. The summed E-state index contributed by atoms with van der Waals surface area (Å²) in [5.74, 6) is -0.130. The van der Waals surface area contributed by atoms with Crippen LogP contribution < -0.4 is 5.32 Å². The molecule has 1 aliphatic heterocycles. The Bertz CT molecular complexity index is 282. The van der Waals surface area contributed by atoms with E-state index in [2.05, 4.69) is 29.0 Å². The molecule has 0 aromatic carbocycles. The molecule has 0 saturated carbocycles. The molecule has 1 fully saturated rings. The highest BCUT2D eigenvalue weighted by Crippen LogP contribution is 2.16. The Balaban J connectivity index is 2.33. The maximum absolute atomic E-state index is 11.7. The van der Waals surface area contributed by atoms with E-state index in [-0.39, 0.29) is 12.0 Å². The number of nitrogens with one attached hydrogen (secondary N) is 1. The van der Waals surface area contributed by atoms with Gasteiger partial charge in [0.05, 0.1) is 6.61 Å². The SMILES string of the molecule is CCOC(=O)C(CCN1CCC(N(CC)CC)C1)NC. The molecule has 0 spiro atoms. The van der Waals surface area contributed by atoms with Crippen LogP contribution in [0.1, 0.15) is 33.6 Å². The highest BCUT2D eigenvalue weighted by molar-refractivity contribution is 5.75. The molecule has 1 rings (SSSR count). The molecule has 2 atom stereocenters. The molecule has 0 aromatic rings. The van der Waals surface area contributed by atoms with Crippen LogP contribution in [-0.2, 0) is 9.53 Å². The van der Waals surface area contributed by atoms with Gasteiger partial charge in [-0.05, 0) is 46.4 Å². The van der Waals surface area contributed by atoms with Gasteiger partial charge in [-0.1, -0.05) is 13.8 Å². The second kappa shape index (κ2) is 9.32. The normalized spacial score (nSPS) is 21.4. The molecule has 5 nitrogen and oxygen atoms in total. The first-order valence-corrected chi connectivity index (χ1v) is 7.96. The summed E-state index contributed by atoms with van der Waals surface area (Å²) in [6, 6.07) is 0.503. The van der Waals surface area contributed by atoms with Crippen molar-refractivity contribution in [2.45, 2.75) is 45.7 Å². The summed E-state index contributed by atoms with van der Waals surface area (Å²) >= 11 is 0. The Labute approximate surface area is 123 Å². The molecule has 5 heteroatoms. The van der Waals surface area contributed by atoms with Crippen LogP contribution in [0.5, 0.6) is 0 Å². The smallest absolute Gasteiger partial charge is 0.323 e. The molecule has 0 amide bonds. The van der Waals surface area contributed by atoms with Gasteiger partial charge < -0.3 is 15.0 Å². The summed E-state index contributed by atoms with van der Waals surface area (Å²) in [4.78, 5) is 16.7. The van der Waals surface area contributed by atoms with Gasteiger partial charge >= 0.3 is 5.97 Å². The third-order valence-corrected chi connectivity index (χ3v) is 4.23. The van der Waals surface area contributed by atoms with Gasteiger partial charge in [0.1, 0.15) is 6.04 Å². The molecular formula is C15H31N3O2. The number of esters is 1. The molecule has 118 valence electrons. The second-order valence-electron chi connectivity index (χ2n) is 5.35. The van der Waals surface area contributed by atoms with E-state index in [1.165, 1.54) is 6.42 Å². The van der Waals surface area contributed by atoms with E-state index in [1.54, 1.807) is 0 Å². The van der Waals surface area contributed by atoms with Gasteiger partial charge in [0.25, 0.3) is 0 Å². The largest absolute Gasteiger partial charge is 0.465 e. The van der Waals surface area contributed by atoms with Crippen molar-refractivity contribution in [1.82, 2.24) is 15.1 Å². The Morgan fingerprint density at radius 2 is 2.10 bits per heavy atom. The zero-order valence-electron chi connectivity index (χ0n) is 13.5. The van der Waals surface area contributed by atoms with Crippen molar-refractivity contribution in [3.63, 3.8) is 0 Å². The third kappa shape index (κ3) is 5.04. The fourth-order valence-electron chi connectivity index (χ4n) is 2.99. The van der Waals surface area contributed by atoms with Crippen molar-refractivity contribution in [3.8, 4) is 0 Å². The number of likely N-dealkylation sites (N-methyl/N-ethyl adjacent to an activating group) is 2. The number of hydrogen-bond acceptors (Lipinski definition) is 5. The first-order chi connectivity index (χ1) is 9.65. The van der Waals surface area contributed by atoms with Gasteiger partial charge in [0.15, 0.2) is 0 Å². The maximum Gasteiger partial charge on any atom is 0.323 e. The predicted molar refractivity (Wildman–Crippen MR) is 81.9 cm³/mol. The molecule has 20 heavy (non-hydrogen) atoms. The lowest BCUT2D eigenvalue weighted by molar-refractivity contribution is -0.145. The molecule has 1 saturated heterocycles. The number of rotatable bonds is 9. The van der Waals surface area contributed by atoms with Gasteiger partial charge in [0, 0.05) is 19.1 Å². The van der Waals surface area contributed by atoms with Crippen molar-refractivity contribution in [2.24, 2.45) is 0 Å². The van der Waals surface area contributed by atoms with E-state index in [9.17, 15) is 4.79 Å². The lowest BCUT2D eigenvalue weighted by Gasteiger charge is -2.26. The van der Waals surface area contributed by atoms with E-state index in [4.69, 9.17) is 4.74 Å². The maximum atomic E-state index is 11.7. The van der Waals surface area contributed by atoms with Crippen LogP contribution >= 0.6 is 0 Å². The molecule has 0 bridgehead atoms. The minimum absolute atomic E-state index is 0.130. The highest BCUT2D eigenvalue weighted by atomic mass is 16.5. The van der Waals surface area contributed by atoms with E-state index in [0.29, 0.717) is 12.6 Å². The monoisotopic (exact) mass is 285 g/mol. The fourth-order valence-corrected chi connectivity index (χ4v) is 2.99. The first kappa shape index (κ1) is 17.4. The minimum Gasteiger partial charge on any atom is -0.465 e. The van der Waals surface area contributed by atoms with Crippen LogP contribution in [0.25, 0.3) is 0 Å².